The minimum Gasteiger partial charge on any atom is -0.463 e. The second kappa shape index (κ2) is 12.9. The van der Waals surface area contributed by atoms with Crippen molar-refractivity contribution in [3.8, 4) is 0 Å². The molecule has 46 heavy (non-hydrogen) atoms. The molecule has 6 rings (SSSR count). The molecule has 0 unspecified atom stereocenters. The molecule has 1 spiro atoms. The van der Waals surface area contributed by atoms with Gasteiger partial charge in [-0.3, -0.25) is 19.2 Å². The van der Waals surface area contributed by atoms with Gasteiger partial charge in [0.15, 0.2) is 0 Å². The van der Waals surface area contributed by atoms with Crippen molar-refractivity contribution in [1.29, 1.82) is 0 Å². The van der Waals surface area contributed by atoms with Crippen LogP contribution in [0.1, 0.15) is 36.9 Å². The summed E-state index contributed by atoms with van der Waals surface area (Å²) in [5, 5.41) is 13.6. The monoisotopic (exact) mass is 711 g/mol. The molecule has 3 amide bonds. The van der Waals surface area contributed by atoms with Gasteiger partial charge in [-0.05, 0) is 43.5 Å². The number of ether oxygens (including phenoxy) is 2. The molecule has 0 aromatic heterocycles. The fourth-order valence-electron chi connectivity index (χ4n) is 7.12. The number of benzene rings is 2. The standard InChI is InChI=1S/C34H35BrClN3O7/c1-19-10-9-13-23(36)28(19)38-15-8-4-7-14-25(41)45-18-24(21-11-5-3-6-12-21)37-31(42)26-27-32(43)39(20(2)17-40)30(33(38)44)34(27)16-22(35)29(26)46-34/h3-6,8-13,16,20,24,26-27,29-30,40H,7,14-15,17-18H2,1-2H3,(H,37,42)/b8-4-/t20-,24+,26+,27-,29+,30+,34-/m1/s1. The number of fused-ring (bicyclic) bond motifs is 2. The predicted molar refractivity (Wildman–Crippen MR) is 174 cm³/mol. The van der Waals surface area contributed by atoms with Gasteiger partial charge in [-0.1, -0.05) is 82.1 Å². The molecule has 12 heteroatoms. The van der Waals surface area contributed by atoms with Crippen molar-refractivity contribution < 1.29 is 33.8 Å². The fraction of sp³-hybridized carbons (Fsp3) is 0.412. The number of cyclic esters (lactones) is 1. The van der Waals surface area contributed by atoms with Gasteiger partial charge in [-0.2, -0.15) is 0 Å². The molecule has 10 nitrogen and oxygen atoms in total. The average molecular weight is 713 g/mol. The van der Waals surface area contributed by atoms with Crippen molar-refractivity contribution in [2.24, 2.45) is 11.8 Å². The van der Waals surface area contributed by atoms with E-state index in [1.54, 1.807) is 37.3 Å². The molecule has 242 valence electrons. The summed E-state index contributed by atoms with van der Waals surface area (Å²) in [5.74, 6) is -3.91. The number of nitrogens with zero attached hydrogens (tertiary/aromatic N) is 2. The lowest BCUT2D eigenvalue weighted by molar-refractivity contribution is -0.146. The zero-order chi connectivity index (χ0) is 32.7. The quantitative estimate of drug-likeness (QED) is 0.363. The van der Waals surface area contributed by atoms with Gasteiger partial charge >= 0.3 is 5.97 Å². The van der Waals surface area contributed by atoms with Crippen LogP contribution in [0.2, 0.25) is 5.02 Å². The first-order valence-electron chi connectivity index (χ1n) is 15.3. The number of anilines is 1. The number of carbonyl (C=O) groups excluding carboxylic acids is 4. The Morgan fingerprint density at radius 3 is 2.57 bits per heavy atom. The Morgan fingerprint density at radius 1 is 1.09 bits per heavy atom. The average Bonchev–Trinajstić information content (AvgIpc) is 3.64. The fourth-order valence-corrected chi connectivity index (χ4v) is 8.18. The summed E-state index contributed by atoms with van der Waals surface area (Å²) in [5.41, 5.74) is 0.432. The molecule has 2 aromatic carbocycles. The van der Waals surface area contributed by atoms with Gasteiger partial charge in [0.2, 0.25) is 11.8 Å². The highest BCUT2D eigenvalue weighted by Gasteiger charge is 2.75. The first kappa shape index (κ1) is 32.4. The van der Waals surface area contributed by atoms with Crippen molar-refractivity contribution in [3.63, 3.8) is 0 Å². The van der Waals surface area contributed by atoms with Gasteiger partial charge in [0.05, 0.1) is 41.2 Å². The molecular formula is C34H35BrClN3O7. The Labute approximate surface area is 280 Å². The highest BCUT2D eigenvalue weighted by Crippen LogP contribution is 2.59. The summed E-state index contributed by atoms with van der Waals surface area (Å²) < 4.78 is 12.7. The number of hydrogen-bond donors (Lipinski definition) is 2. The highest BCUT2D eigenvalue weighted by molar-refractivity contribution is 9.11. The lowest BCUT2D eigenvalue weighted by Crippen LogP contribution is -2.58. The lowest BCUT2D eigenvalue weighted by Gasteiger charge is -2.38. The van der Waals surface area contributed by atoms with Crippen LogP contribution < -0.4 is 10.2 Å². The number of aliphatic hydroxyl groups is 1. The summed E-state index contributed by atoms with van der Waals surface area (Å²) in [7, 11) is 0. The van der Waals surface area contributed by atoms with E-state index in [0.717, 1.165) is 11.1 Å². The van der Waals surface area contributed by atoms with Gasteiger partial charge in [0, 0.05) is 17.4 Å². The van der Waals surface area contributed by atoms with E-state index in [0.29, 0.717) is 21.6 Å². The summed E-state index contributed by atoms with van der Waals surface area (Å²) in [6.45, 7) is 3.07. The Balaban J connectivity index is 1.49. The number of amides is 3. The molecular weight excluding hydrogens is 678 g/mol. The van der Waals surface area contributed by atoms with Crippen molar-refractivity contribution in [2.75, 3.05) is 24.7 Å². The summed E-state index contributed by atoms with van der Waals surface area (Å²) in [4.78, 5) is 59.2. The molecule has 4 aliphatic heterocycles. The molecule has 2 N–H and O–H groups in total. The predicted octanol–water partition coefficient (Wildman–Crippen LogP) is 3.99. The number of esters is 1. The number of likely N-dealkylation sites (tertiary alicyclic amines) is 1. The molecule has 2 fully saturated rings. The number of halogens is 2. The third kappa shape index (κ3) is 5.46. The highest BCUT2D eigenvalue weighted by atomic mass is 79.9. The molecule has 5 bridgehead atoms. The molecule has 2 saturated heterocycles. The van der Waals surface area contributed by atoms with E-state index in [4.69, 9.17) is 21.1 Å². The van der Waals surface area contributed by atoms with Crippen LogP contribution in [0.15, 0.2) is 71.2 Å². The maximum Gasteiger partial charge on any atom is 0.306 e. The maximum absolute atomic E-state index is 14.9. The SMILES string of the molecule is Cc1cccc(Cl)c1N1C/C=C\CCC(=O)OC[C@@H](c2ccccc2)NC(=O)[C@@H]2[C@H]3O[C@@]4(C=C3Br)[C@H](C1=O)N([C@H](C)CO)C(=O)[C@@H]24. The van der Waals surface area contributed by atoms with E-state index in [2.05, 4.69) is 21.2 Å². The molecule has 0 aliphatic carbocycles. The van der Waals surface area contributed by atoms with Crippen LogP contribution >= 0.6 is 27.5 Å². The maximum atomic E-state index is 14.9. The van der Waals surface area contributed by atoms with Crippen molar-refractivity contribution in [3.05, 3.63) is 87.4 Å². The van der Waals surface area contributed by atoms with Crippen LogP contribution in [0.3, 0.4) is 0 Å². The van der Waals surface area contributed by atoms with Gasteiger partial charge in [0.1, 0.15) is 24.4 Å². The number of rotatable bonds is 4. The summed E-state index contributed by atoms with van der Waals surface area (Å²) in [6.07, 6.45) is 4.93. The smallest absolute Gasteiger partial charge is 0.306 e. The number of allylic oxidation sites excluding steroid dienone is 1. The van der Waals surface area contributed by atoms with Crippen LogP contribution in [0.5, 0.6) is 0 Å². The van der Waals surface area contributed by atoms with Crippen molar-refractivity contribution in [1.82, 2.24) is 10.2 Å². The van der Waals surface area contributed by atoms with E-state index in [9.17, 15) is 24.3 Å². The second-order valence-corrected chi connectivity index (χ2v) is 13.4. The molecule has 4 aliphatic rings. The number of aryl methyl sites for hydroxylation is 1. The van der Waals surface area contributed by atoms with E-state index >= 15 is 0 Å². The summed E-state index contributed by atoms with van der Waals surface area (Å²) in [6, 6.07) is 11.8. The van der Waals surface area contributed by atoms with Gasteiger partial charge in [0.25, 0.3) is 5.91 Å². The number of hydrogen-bond acceptors (Lipinski definition) is 7. The molecule has 4 heterocycles. The zero-order valence-corrected chi connectivity index (χ0v) is 27.7. The third-order valence-electron chi connectivity index (χ3n) is 9.26. The topological polar surface area (TPSA) is 125 Å². The van der Waals surface area contributed by atoms with Crippen LogP contribution in [-0.4, -0.2) is 77.2 Å². The lowest BCUT2D eigenvalue weighted by atomic mass is 9.74. The van der Waals surface area contributed by atoms with Crippen LogP contribution in [0.4, 0.5) is 5.69 Å². The largest absolute Gasteiger partial charge is 0.463 e. The molecule has 0 radical (unpaired) electrons. The van der Waals surface area contributed by atoms with E-state index in [1.807, 2.05) is 43.3 Å². The van der Waals surface area contributed by atoms with Crippen molar-refractivity contribution >= 4 is 56.9 Å². The first-order valence-corrected chi connectivity index (χ1v) is 16.5. The Bertz CT molecular complexity index is 1600. The Hall–Kier alpha value is -3.51. The number of carbonyl (C=O) groups is 4. The van der Waals surface area contributed by atoms with Gasteiger partial charge in [-0.15, -0.1) is 0 Å². The first-order chi connectivity index (χ1) is 22.1. The van der Waals surface area contributed by atoms with E-state index in [1.165, 1.54) is 9.80 Å². The molecule has 2 aromatic rings. The third-order valence-corrected chi connectivity index (χ3v) is 10.2. The molecule has 0 saturated carbocycles. The van der Waals surface area contributed by atoms with Crippen LogP contribution in [-0.2, 0) is 28.7 Å². The van der Waals surface area contributed by atoms with Gasteiger partial charge < -0.3 is 29.7 Å². The minimum absolute atomic E-state index is 0.0829. The van der Waals surface area contributed by atoms with E-state index in [-0.39, 0.29) is 19.6 Å². The normalized spacial score (nSPS) is 31.3. The Morgan fingerprint density at radius 2 is 1.85 bits per heavy atom. The number of aliphatic hydroxyl groups excluding tert-OH is 1. The zero-order valence-electron chi connectivity index (χ0n) is 25.4. The second-order valence-electron chi connectivity index (χ2n) is 12.1. The summed E-state index contributed by atoms with van der Waals surface area (Å²) >= 11 is 10.3. The van der Waals surface area contributed by atoms with E-state index < -0.39 is 72.0 Å². The molecule has 7 atom stereocenters. The Kier molecular flexibility index (Phi) is 9.13. The minimum atomic E-state index is -1.50. The van der Waals surface area contributed by atoms with Crippen LogP contribution in [0.25, 0.3) is 0 Å². The number of para-hydroxylation sites is 1. The van der Waals surface area contributed by atoms with Gasteiger partial charge in [-0.25, -0.2) is 0 Å². The van der Waals surface area contributed by atoms with Crippen LogP contribution in [0, 0.1) is 18.8 Å². The number of nitrogens with one attached hydrogen (secondary N) is 1. The van der Waals surface area contributed by atoms with Crippen molar-refractivity contribution in [2.45, 2.75) is 56.5 Å².